The smallest absolute Gasteiger partial charge is 0.275 e. The van der Waals surface area contributed by atoms with E-state index in [4.69, 9.17) is 0 Å². The number of hydrogen-bond acceptors (Lipinski definition) is 3. The van der Waals surface area contributed by atoms with E-state index < -0.39 is 0 Å². The van der Waals surface area contributed by atoms with E-state index >= 15 is 0 Å². The molecule has 1 saturated heterocycles. The SMILES string of the molecule is CCn1cc(Br)c(C(=O)N2CCN(C)CC2)n1. The highest BCUT2D eigenvalue weighted by Crippen LogP contribution is 2.17. The van der Waals surface area contributed by atoms with Crippen molar-refractivity contribution in [2.75, 3.05) is 33.2 Å². The molecule has 0 radical (unpaired) electrons. The first-order valence-electron chi connectivity index (χ1n) is 5.82. The van der Waals surface area contributed by atoms with Crippen molar-refractivity contribution in [2.24, 2.45) is 0 Å². The van der Waals surface area contributed by atoms with Gasteiger partial charge in [0.25, 0.3) is 5.91 Å². The molecule has 94 valence electrons. The van der Waals surface area contributed by atoms with Crippen LogP contribution in [0.15, 0.2) is 10.7 Å². The van der Waals surface area contributed by atoms with Crippen molar-refractivity contribution >= 4 is 21.8 Å². The van der Waals surface area contributed by atoms with Crippen LogP contribution < -0.4 is 0 Å². The standard InChI is InChI=1S/C11H17BrN4O/c1-3-16-8-9(12)10(13-16)11(17)15-6-4-14(2)5-7-15/h8H,3-7H2,1-2H3. The Balaban J connectivity index is 2.11. The van der Waals surface area contributed by atoms with Gasteiger partial charge in [-0.2, -0.15) is 5.10 Å². The van der Waals surface area contributed by atoms with Crippen LogP contribution in [0.1, 0.15) is 17.4 Å². The van der Waals surface area contributed by atoms with Gasteiger partial charge in [0.05, 0.1) is 4.47 Å². The molecule has 2 rings (SSSR count). The fraction of sp³-hybridized carbons (Fsp3) is 0.636. The minimum Gasteiger partial charge on any atom is -0.335 e. The van der Waals surface area contributed by atoms with Crippen LogP contribution in [0, 0.1) is 0 Å². The number of rotatable bonds is 2. The van der Waals surface area contributed by atoms with E-state index in [9.17, 15) is 4.79 Å². The van der Waals surface area contributed by atoms with Crippen molar-refractivity contribution < 1.29 is 4.79 Å². The normalized spacial score (nSPS) is 17.5. The molecule has 0 N–H and O–H groups in total. The molecule has 0 aliphatic carbocycles. The van der Waals surface area contributed by atoms with Gasteiger partial charge in [0.15, 0.2) is 5.69 Å². The van der Waals surface area contributed by atoms with E-state index in [2.05, 4.69) is 33.0 Å². The molecule has 1 aliphatic rings. The lowest BCUT2D eigenvalue weighted by molar-refractivity contribution is 0.0656. The molecular formula is C11H17BrN4O. The molecule has 17 heavy (non-hydrogen) atoms. The summed E-state index contributed by atoms with van der Waals surface area (Å²) in [5, 5.41) is 4.29. The number of likely N-dealkylation sites (N-methyl/N-ethyl adjacent to an activating group) is 1. The summed E-state index contributed by atoms with van der Waals surface area (Å²) in [5.74, 6) is 0.0252. The van der Waals surface area contributed by atoms with Crippen LogP contribution in [0.25, 0.3) is 0 Å². The number of carbonyl (C=O) groups is 1. The first kappa shape index (κ1) is 12.6. The average Bonchev–Trinajstić information content (AvgIpc) is 2.71. The maximum absolute atomic E-state index is 12.3. The third kappa shape index (κ3) is 2.69. The summed E-state index contributed by atoms with van der Waals surface area (Å²) in [5.41, 5.74) is 0.524. The van der Waals surface area contributed by atoms with Gasteiger partial charge < -0.3 is 9.80 Å². The van der Waals surface area contributed by atoms with Crippen LogP contribution in [0.2, 0.25) is 0 Å². The first-order chi connectivity index (χ1) is 8.11. The molecule has 0 spiro atoms. The van der Waals surface area contributed by atoms with Gasteiger partial charge in [0.2, 0.25) is 0 Å². The lowest BCUT2D eigenvalue weighted by atomic mass is 10.3. The van der Waals surface area contributed by atoms with E-state index in [-0.39, 0.29) is 5.91 Å². The predicted molar refractivity (Wildman–Crippen MR) is 69.0 cm³/mol. The molecule has 2 heterocycles. The molecule has 1 amide bonds. The first-order valence-corrected chi connectivity index (χ1v) is 6.62. The topological polar surface area (TPSA) is 41.4 Å². The molecule has 6 heteroatoms. The van der Waals surface area contributed by atoms with Crippen LogP contribution >= 0.6 is 15.9 Å². The lowest BCUT2D eigenvalue weighted by Gasteiger charge is -2.32. The third-order valence-corrected chi connectivity index (χ3v) is 3.61. The summed E-state index contributed by atoms with van der Waals surface area (Å²) in [4.78, 5) is 16.4. The average molecular weight is 301 g/mol. The molecule has 0 atom stereocenters. The molecule has 0 bridgehead atoms. The monoisotopic (exact) mass is 300 g/mol. The Morgan fingerprint density at radius 3 is 2.59 bits per heavy atom. The highest BCUT2D eigenvalue weighted by atomic mass is 79.9. The maximum atomic E-state index is 12.3. The number of nitrogens with zero attached hydrogens (tertiary/aromatic N) is 4. The Morgan fingerprint density at radius 1 is 1.41 bits per heavy atom. The summed E-state index contributed by atoms with van der Waals surface area (Å²) in [6.07, 6.45) is 1.85. The second-order valence-electron chi connectivity index (χ2n) is 4.28. The van der Waals surface area contributed by atoms with Gasteiger partial charge in [-0.3, -0.25) is 9.48 Å². The number of piperazine rings is 1. The maximum Gasteiger partial charge on any atom is 0.275 e. The van der Waals surface area contributed by atoms with Gasteiger partial charge in [-0.15, -0.1) is 0 Å². The molecular weight excluding hydrogens is 284 g/mol. The Morgan fingerprint density at radius 2 is 2.06 bits per heavy atom. The second-order valence-corrected chi connectivity index (χ2v) is 5.13. The van der Waals surface area contributed by atoms with Crippen molar-refractivity contribution in [3.8, 4) is 0 Å². The van der Waals surface area contributed by atoms with Crippen LogP contribution in [0.3, 0.4) is 0 Å². The third-order valence-electron chi connectivity index (χ3n) is 3.03. The van der Waals surface area contributed by atoms with E-state index in [1.165, 1.54) is 0 Å². The minimum atomic E-state index is 0.0252. The van der Waals surface area contributed by atoms with Crippen molar-refractivity contribution in [2.45, 2.75) is 13.5 Å². The zero-order valence-electron chi connectivity index (χ0n) is 10.2. The van der Waals surface area contributed by atoms with Crippen LogP contribution in [-0.2, 0) is 6.54 Å². The van der Waals surface area contributed by atoms with Crippen LogP contribution in [0.4, 0.5) is 0 Å². The summed E-state index contributed by atoms with van der Waals surface area (Å²) in [6, 6.07) is 0. The molecule has 1 aliphatic heterocycles. The number of aryl methyl sites for hydroxylation is 1. The quantitative estimate of drug-likeness (QED) is 0.820. The molecule has 1 aromatic heterocycles. The Bertz CT molecular complexity index is 410. The second kappa shape index (κ2) is 5.18. The highest BCUT2D eigenvalue weighted by Gasteiger charge is 2.24. The Kier molecular flexibility index (Phi) is 3.83. The summed E-state index contributed by atoms with van der Waals surface area (Å²) in [7, 11) is 2.07. The number of amides is 1. The fourth-order valence-corrected chi connectivity index (χ4v) is 2.35. The summed E-state index contributed by atoms with van der Waals surface area (Å²) in [6.45, 7) is 6.19. The predicted octanol–water partition coefficient (Wildman–Crippen LogP) is 1.05. The number of hydrogen-bond donors (Lipinski definition) is 0. The van der Waals surface area contributed by atoms with Crippen molar-refractivity contribution in [3.05, 3.63) is 16.4 Å². The van der Waals surface area contributed by atoms with Crippen molar-refractivity contribution in [1.29, 1.82) is 0 Å². The van der Waals surface area contributed by atoms with Gasteiger partial charge in [-0.25, -0.2) is 0 Å². The number of carbonyl (C=O) groups excluding carboxylic acids is 1. The van der Waals surface area contributed by atoms with E-state index in [0.717, 1.165) is 37.2 Å². The van der Waals surface area contributed by atoms with Crippen LogP contribution in [-0.4, -0.2) is 58.7 Å². The van der Waals surface area contributed by atoms with Gasteiger partial charge >= 0.3 is 0 Å². The number of aromatic nitrogens is 2. The van der Waals surface area contributed by atoms with Gasteiger partial charge in [-0.1, -0.05) is 0 Å². The molecule has 1 aromatic rings. The molecule has 0 saturated carbocycles. The van der Waals surface area contributed by atoms with E-state index in [1.54, 1.807) is 4.68 Å². The van der Waals surface area contributed by atoms with Crippen molar-refractivity contribution in [3.63, 3.8) is 0 Å². The number of halogens is 1. The molecule has 5 nitrogen and oxygen atoms in total. The molecule has 0 unspecified atom stereocenters. The van der Waals surface area contributed by atoms with Crippen LogP contribution in [0.5, 0.6) is 0 Å². The molecule has 0 aromatic carbocycles. The minimum absolute atomic E-state index is 0.0252. The summed E-state index contributed by atoms with van der Waals surface area (Å²) >= 11 is 3.40. The van der Waals surface area contributed by atoms with Gasteiger partial charge in [-0.05, 0) is 29.9 Å². The lowest BCUT2D eigenvalue weighted by Crippen LogP contribution is -2.47. The molecule has 1 fully saturated rings. The van der Waals surface area contributed by atoms with E-state index in [1.807, 2.05) is 18.0 Å². The van der Waals surface area contributed by atoms with Gasteiger partial charge in [0, 0.05) is 38.9 Å². The van der Waals surface area contributed by atoms with Gasteiger partial charge in [0.1, 0.15) is 0 Å². The summed E-state index contributed by atoms with van der Waals surface area (Å²) < 4.78 is 2.55. The fourth-order valence-electron chi connectivity index (χ4n) is 1.86. The Labute approximate surface area is 110 Å². The Hall–Kier alpha value is -0.880. The highest BCUT2D eigenvalue weighted by molar-refractivity contribution is 9.10. The van der Waals surface area contributed by atoms with Crippen molar-refractivity contribution in [1.82, 2.24) is 19.6 Å². The zero-order valence-corrected chi connectivity index (χ0v) is 11.8. The zero-order chi connectivity index (χ0) is 12.4. The largest absolute Gasteiger partial charge is 0.335 e. The van der Waals surface area contributed by atoms with E-state index in [0.29, 0.717) is 5.69 Å².